The van der Waals surface area contributed by atoms with Crippen molar-refractivity contribution in [3.8, 4) is 0 Å². The molecule has 1 aromatic rings. The molecule has 2 atom stereocenters. The van der Waals surface area contributed by atoms with Crippen LogP contribution in [-0.4, -0.2) is 16.3 Å². The number of hydrogen-bond donors (Lipinski definition) is 0. The van der Waals surface area contributed by atoms with Crippen molar-refractivity contribution in [1.29, 1.82) is 0 Å². The van der Waals surface area contributed by atoms with Gasteiger partial charge in [-0.2, -0.15) is 0 Å². The summed E-state index contributed by atoms with van der Waals surface area (Å²) in [6.07, 6.45) is 1.32. The van der Waals surface area contributed by atoms with Gasteiger partial charge in [0.2, 0.25) is 16.3 Å². The van der Waals surface area contributed by atoms with E-state index in [1.165, 1.54) is 33.6 Å². The van der Waals surface area contributed by atoms with E-state index in [9.17, 15) is 0 Å². The number of benzene rings is 1. The fraction of sp³-hybridized carbons (Fsp3) is 0.500. The van der Waals surface area contributed by atoms with Crippen molar-refractivity contribution >= 4 is 16.3 Å². The molecule has 0 fully saturated rings. The van der Waals surface area contributed by atoms with Crippen LogP contribution in [0.1, 0.15) is 31.7 Å². The topological polar surface area (TPSA) is 0 Å². The van der Waals surface area contributed by atoms with Gasteiger partial charge in [-0.25, -0.2) is 0 Å². The maximum Gasteiger partial charge on any atom is 0.212 e. The molecule has 0 radical (unpaired) electrons. The largest absolute Gasteiger partial charge is 0.212 e. The third kappa shape index (κ3) is 2.86. The van der Waals surface area contributed by atoms with Crippen LogP contribution in [0.4, 0.5) is 0 Å². The van der Waals surface area contributed by atoms with Crippen LogP contribution < -0.4 is 0 Å². The fourth-order valence-electron chi connectivity index (χ4n) is 2.02. The molecule has 0 heterocycles. The van der Waals surface area contributed by atoms with E-state index < -0.39 is 0 Å². The minimum Gasteiger partial charge on any atom is -0.0979 e. The standard InChI is InChI=1S/C12H17.Al.2H/c1-4-10(2)11(3)12-8-6-5-7-9-12;;;/h5-11H,2,4H2,1,3H3;;;. The second-order valence-electron chi connectivity index (χ2n) is 3.78. The molecule has 0 bridgehead atoms. The van der Waals surface area contributed by atoms with Crippen LogP contribution in [0.3, 0.4) is 0 Å². The highest BCUT2D eigenvalue weighted by atomic mass is 27.0. The van der Waals surface area contributed by atoms with Gasteiger partial charge in [0.15, 0.2) is 0 Å². The first-order chi connectivity index (χ1) is 6.29. The Morgan fingerprint density at radius 2 is 1.85 bits per heavy atom. The molecular formula is C12H19Al. The average molecular weight is 190 g/mol. The second kappa shape index (κ2) is 5.48. The third-order valence-corrected chi connectivity index (χ3v) is 4.13. The molecular weight excluding hydrogens is 171 g/mol. The van der Waals surface area contributed by atoms with Gasteiger partial charge in [0, 0.05) is 0 Å². The van der Waals surface area contributed by atoms with Gasteiger partial charge in [0.1, 0.15) is 0 Å². The van der Waals surface area contributed by atoms with Crippen molar-refractivity contribution in [2.24, 2.45) is 5.92 Å². The second-order valence-corrected chi connectivity index (χ2v) is 4.59. The molecule has 1 heteroatoms. The van der Waals surface area contributed by atoms with Crippen molar-refractivity contribution in [3.05, 3.63) is 35.9 Å². The summed E-state index contributed by atoms with van der Waals surface area (Å²) in [5.74, 6) is 1.64. The van der Waals surface area contributed by atoms with Crippen LogP contribution in [0.25, 0.3) is 0 Å². The molecule has 70 valence electrons. The number of hydrogen-bond acceptors (Lipinski definition) is 0. The highest BCUT2D eigenvalue weighted by Crippen LogP contribution is 2.28. The molecule has 0 spiro atoms. The van der Waals surface area contributed by atoms with Gasteiger partial charge < -0.3 is 0 Å². The molecule has 0 N–H and O–H groups in total. The summed E-state index contributed by atoms with van der Waals surface area (Å²) < 4.78 is 0. The molecule has 1 aromatic carbocycles. The SMILES string of the molecule is CCC([CH2][AlH2])C(C)c1ccccc1. The Morgan fingerprint density at radius 3 is 2.31 bits per heavy atom. The van der Waals surface area contributed by atoms with Gasteiger partial charge in [-0.3, -0.25) is 0 Å². The van der Waals surface area contributed by atoms with Crippen LogP contribution in [0.5, 0.6) is 0 Å². The monoisotopic (exact) mass is 190 g/mol. The lowest BCUT2D eigenvalue weighted by Crippen LogP contribution is -2.08. The Bertz CT molecular complexity index is 226. The van der Waals surface area contributed by atoms with Crippen molar-refractivity contribution < 1.29 is 0 Å². The van der Waals surface area contributed by atoms with Gasteiger partial charge in [0.05, 0.1) is 0 Å². The summed E-state index contributed by atoms with van der Waals surface area (Å²) in [6, 6.07) is 10.9. The highest BCUT2D eigenvalue weighted by Gasteiger charge is 2.14. The average Bonchev–Trinajstić information content (AvgIpc) is 2.21. The third-order valence-electron chi connectivity index (χ3n) is 3.08. The maximum absolute atomic E-state index is 2.36. The molecule has 0 nitrogen and oxygen atoms in total. The molecule has 0 saturated carbocycles. The molecule has 0 aliphatic heterocycles. The minimum absolute atomic E-state index is 0.740. The van der Waals surface area contributed by atoms with Gasteiger partial charge in [0.25, 0.3) is 0 Å². The molecule has 0 aliphatic carbocycles. The summed E-state index contributed by atoms with van der Waals surface area (Å²) >= 11 is 1.33. The summed E-state index contributed by atoms with van der Waals surface area (Å²) in [4.78, 5) is 0. The van der Waals surface area contributed by atoms with Crippen LogP contribution in [0.2, 0.25) is 5.28 Å². The van der Waals surface area contributed by atoms with E-state index in [0.717, 1.165) is 11.8 Å². The zero-order valence-electron chi connectivity index (χ0n) is 8.96. The lowest BCUT2D eigenvalue weighted by Gasteiger charge is -2.21. The van der Waals surface area contributed by atoms with Gasteiger partial charge in [-0.1, -0.05) is 55.9 Å². The Hall–Kier alpha value is -0.248. The Balaban J connectivity index is 2.72. The zero-order valence-corrected chi connectivity index (χ0v) is 11.0. The summed E-state index contributed by atoms with van der Waals surface area (Å²) in [5.41, 5.74) is 1.50. The van der Waals surface area contributed by atoms with E-state index in [1.54, 1.807) is 0 Å². The lowest BCUT2D eigenvalue weighted by molar-refractivity contribution is 0.473. The van der Waals surface area contributed by atoms with Gasteiger partial charge in [-0.05, 0) is 17.4 Å². The van der Waals surface area contributed by atoms with E-state index in [0.29, 0.717) is 0 Å². The van der Waals surface area contributed by atoms with Crippen LogP contribution >= 0.6 is 0 Å². The van der Waals surface area contributed by atoms with Crippen LogP contribution in [0.15, 0.2) is 30.3 Å². The normalized spacial score (nSPS) is 15.2. The molecule has 0 saturated heterocycles. The van der Waals surface area contributed by atoms with Crippen molar-refractivity contribution in [2.75, 3.05) is 0 Å². The van der Waals surface area contributed by atoms with Crippen molar-refractivity contribution in [1.82, 2.24) is 0 Å². The molecule has 2 unspecified atom stereocenters. The first-order valence-corrected chi connectivity index (χ1v) is 6.75. The maximum atomic E-state index is 2.36. The van der Waals surface area contributed by atoms with E-state index in [-0.39, 0.29) is 0 Å². The van der Waals surface area contributed by atoms with Crippen LogP contribution in [0, 0.1) is 5.92 Å². The first kappa shape index (κ1) is 10.8. The van der Waals surface area contributed by atoms with E-state index in [2.05, 4.69) is 44.2 Å². The number of rotatable bonds is 4. The Labute approximate surface area is 89.8 Å². The quantitative estimate of drug-likeness (QED) is 0.640. The first-order valence-electron chi connectivity index (χ1n) is 5.34. The molecule has 0 aliphatic rings. The zero-order chi connectivity index (χ0) is 9.68. The van der Waals surface area contributed by atoms with Crippen molar-refractivity contribution in [2.45, 2.75) is 31.5 Å². The van der Waals surface area contributed by atoms with Crippen molar-refractivity contribution in [3.63, 3.8) is 0 Å². The minimum atomic E-state index is 0.740. The molecule has 13 heavy (non-hydrogen) atoms. The predicted molar refractivity (Wildman–Crippen MR) is 62.0 cm³/mol. The Morgan fingerprint density at radius 1 is 1.23 bits per heavy atom. The molecule has 1 rings (SSSR count). The summed E-state index contributed by atoms with van der Waals surface area (Å²) in [7, 11) is 0. The van der Waals surface area contributed by atoms with E-state index in [4.69, 9.17) is 0 Å². The van der Waals surface area contributed by atoms with E-state index in [1.807, 2.05) is 0 Å². The fourth-order valence-corrected chi connectivity index (χ4v) is 3.31. The van der Waals surface area contributed by atoms with Gasteiger partial charge >= 0.3 is 0 Å². The van der Waals surface area contributed by atoms with E-state index >= 15 is 0 Å². The summed E-state index contributed by atoms with van der Waals surface area (Å²) in [5, 5.41) is 1.42. The lowest BCUT2D eigenvalue weighted by atomic mass is 9.87. The van der Waals surface area contributed by atoms with Gasteiger partial charge in [-0.15, -0.1) is 0 Å². The van der Waals surface area contributed by atoms with Crippen LogP contribution in [-0.2, 0) is 0 Å². The molecule has 0 aromatic heterocycles. The predicted octanol–water partition coefficient (Wildman–Crippen LogP) is 2.87. The highest BCUT2D eigenvalue weighted by molar-refractivity contribution is 6.08. The molecule has 0 amide bonds. The smallest absolute Gasteiger partial charge is 0.0979 e. The summed E-state index contributed by atoms with van der Waals surface area (Å²) in [6.45, 7) is 4.67. The Kier molecular flexibility index (Phi) is 4.56.